The molecule has 2 N–H and O–H groups in total. The molecule has 3 aromatic rings. The van der Waals surface area contributed by atoms with Crippen LogP contribution in [0.15, 0.2) is 49.3 Å². The summed E-state index contributed by atoms with van der Waals surface area (Å²) in [7, 11) is 2.19. The Morgan fingerprint density at radius 1 is 1.30 bits per heavy atom. The number of carbonyl (C=O) groups excluding carboxylic acids is 1. The molecule has 1 saturated heterocycles. The first-order chi connectivity index (χ1) is 17.4. The highest BCUT2D eigenvalue weighted by atomic mass is 35.5. The van der Waals surface area contributed by atoms with Crippen molar-refractivity contribution in [1.82, 2.24) is 14.9 Å². The van der Waals surface area contributed by atoms with Gasteiger partial charge in [0.05, 0.1) is 22.8 Å². The van der Waals surface area contributed by atoms with Gasteiger partial charge in [-0.15, -0.1) is 0 Å². The number of hydrogen-bond acceptors (Lipinski definition) is 6. The number of ether oxygens (including phenoxy) is 1. The van der Waals surface area contributed by atoms with Crippen molar-refractivity contribution in [3.8, 4) is 5.75 Å². The van der Waals surface area contributed by atoms with Crippen molar-refractivity contribution < 1.29 is 13.9 Å². The molecule has 2 aliphatic rings. The molecule has 9 heteroatoms. The Kier molecular flexibility index (Phi) is 7.99. The fraction of sp³-hybridized carbons (Fsp3) is 0.393. The van der Waals surface area contributed by atoms with E-state index in [9.17, 15) is 9.18 Å². The van der Waals surface area contributed by atoms with Gasteiger partial charge in [0, 0.05) is 17.1 Å². The highest BCUT2D eigenvalue weighted by molar-refractivity contribution is 6.31. The van der Waals surface area contributed by atoms with Gasteiger partial charge in [0.1, 0.15) is 23.7 Å². The Hall–Kier alpha value is -3.23. The van der Waals surface area contributed by atoms with Crippen molar-refractivity contribution in [2.75, 3.05) is 37.4 Å². The van der Waals surface area contributed by atoms with Gasteiger partial charge in [0.2, 0.25) is 5.91 Å². The van der Waals surface area contributed by atoms with Crippen LogP contribution in [0.5, 0.6) is 5.75 Å². The van der Waals surface area contributed by atoms with Crippen LogP contribution < -0.4 is 15.4 Å². The van der Waals surface area contributed by atoms with Gasteiger partial charge in [0.15, 0.2) is 0 Å². The predicted octanol–water partition coefficient (Wildman–Crippen LogP) is 6.43. The van der Waals surface area contributed by atoms with Crippen LogP contribution in [0, 0.1) is 17.2 Å². The van der Waals surface area contributed by atoms with Gasteiger partial charge in [-0.05, 0) is 87.5 Å². The molecular weight excluding hydrogens is 493 g/mol. The van der Waals surface area contributed by atoms with Crippen LogP contribution in [0.3, 0.4) is 0 Å². The van der Waals surface area contributed by atoms with Crippen LogP contribution in [0.1, 0.15) is 33.1 Å². The summed E-state index contributed by atoms with van der Waals surface area (Å²) < 4.78 is 19.8. The Labute approximate surface area is 222 Å². The minimum atomic E-state index is -0.501. The molecule has 1 unspecified atom stereocenters. The van der Waals surface area contributed by atoms with E-state index < -0.39 is 5.82 Å². The molecule has 7 nitrogen and oxygen atoms in total. The van der Waals surface area contributed by atoms with Crippen molar-refractivity contribution in [2.45, 2.75) is 33.1 Å². The normalized spacial score (nSPS) is 18.2. The summed E-state index contributed by atoms with van der Waals surface area (Å²) in [6.07, 6.45) is 7.43. The third-order valence-electron chi connectivity index (χ3n) is 7.43. The lowest BCUT2D eigenvalue weighted by atomic mass is 9.90. The lowest BCUT2D eigenvalue weighted by molar-refractivity contribution is -0.111. The van der Waals surface area contributed by atoms with Gasteiger partial charge in [0.25, 0.3) is 0 Å². The van der Waals surface area contributed by atoms with Crippen LogP contribution in [0.2, 0.25) is 5.02 Å². The van der Waals surface area contributed by atoms with Gasteiger partial charge >= 0.3 is 0 Å². The van der Waals surface area contributed by atoms with Crippen LogP contribution in [0.4, 0.5) is 21.6 Å². The van der Waals surface area contributed by atoms with E-state index in [2.05, 4.69) is 39.1 Å². The van der Waals surface area contributed by atoms with Gasteiger partial charge in [-0.1, -0.05) is 25.6 Å². The zero-order chi connectivity index (χ0) is 25.3. The standard InChI is InChI=1S/C27H29ClFN5O2.CH4/c1-3-25(35)33-23-13-19-22(30-16-31-26(19)32-18-4-5-21(29)20(28)12-18)14-24(23)36-11-6-17-15-27(17)7-9-34(2)10-8-27;/h3-5,12-14,16-17H,1,6-11,15H2,2H3,(H,33,35)(H,30,31,32);1H4. The topological polar surface area (TPSA) is 79.4 Å². The quantitative estimate of drug-likeness (QED) is 0.330. The molecule has 196 valence electrons. The number of aromatic nitrogens is 2. The van der Waals surface area contributed by atoms with E-state index in [1.807, 2.05) is 0 Å². The molecule has 37 heavy (non-hydrogen) atoms. The van der Waals surface area contributed by atoms with Crippen LogP contribution in [-0.4, -0.2) is 47.5 Å². The number of benzene rings is 2. The molecule has 2 heterocycles. The Morgan fingerprint density at radius 3 is 2.81 bits per heavy atom. The van der Waals surface area contributed by atoms with Gasteiger partial charge in [-0.3, -0.25) is 4.79 Å². The number of rotatable bonds is 8. The predicted molar refractivity (Wildman–Crippen MR) is 147 cm³/mol. The van der Waals surface area contributed by atoms with Gasteiger partial charge in [-0.25, -0.2) is 14.4 Å². The number of nitrogens with zero attached hydrogens (tertiary/aromatic N) is 3. The molecule has 2 aromatic carbocycles. The SMILES string of the molecule is C.C=CC(=O)Nc1cc2c(Nc3ccc(F)c(Cl)c3)ncnc2cc1OCCC1CC12CCN(C)CC2. The Morgan fingerprint density at radius 2 is 2.08 bits per heavy atom. The van der Waals surface area contributed by atoms with Crippen molar-refractivity contribution in [3.05, 3.63) is 60.2 Å². The lowest BCUT2D eigenvalue weighted by Crippen LogP contribution is -2.32. The summed E-state index contributed by atoms with van der Waals surface area (Å²) in [5.74, 6) is 0.886. The second-order valence-corrected chi connectivity index (χ2v) is 10.1. The van der Waals surface area contributed by atoms with E-state index in [-0.39, 0.29) is 18.4 Å². The number of fused-ring (bicyclic) bond motifs is 1. The number of likely N-dealkylation sites (tertiary alicyclic amines) is 1. The largest absolute Gasteiger partial charge is 0.491 e. The molecule has 1 aromatic heterocycles. The number of nitrogens with one attached hydrogen (secondary N) is 2. The second-order valence-electron chi connectivity index (χ2n) is 9.74. The maximum atomic E-state index is 13.6. The van der Waals surface area contributed by atoms with Crippen LogP contribution >= 0.6 is 11.6 Å². The average Bonchev–Trinajstić information content (AvgIpc) is 3.55. The van der Waals surface area contributed by atoms with E-state index in [0.717, 1.165) is 6.42 Å². The van der Waals surface area contributed by atoms with E-state index in [1.165, 1.54) is 56.9 Å². The third kappa shape index (κ3) is 5.86. The summed E-state index contributed by atoms with van der Waals surface area (Å²) in [6.45, 7) is 6.45. The molecule has 1 aliphatic heterocycles. The molecule has 1 spiro atoms. The number of halogens is 2. The monoisotopic (exact) mass is 525 g/mol. The minimum absolute atomic E-state index is 0. The molecule has 1 amide bonds. The van der Waals surface area contributed by atoms with E-state index in [0.29, 0.717) is 51.8 Å². The molecule has 2 fully saturated rings. The fourth-order valence-corrected chi connectivity index (χ4v) is 5.30. The van der Waals surface area contributed by atoms with Crippen molar-refractivity contribution in [3.63, 3.8) is 0 Å². The molecule has 5 rings (SSSR count). The smallest absolute Gasteiger partial charge is 0.247 e. The second kappa shape index (κ2) is 11.0. The number of carbonyl (C=O) groups is 1. The average molecular weight is 526 g/mol. The van der Waals surface area contributed by atoms with Crippen LogP contribution in [-0.2, 0) is 4.79 Å². The first kappa shape index (κ1) is 26.8. The first-order valence-corrected chi connectivity index (χ1v) is 12.5. The number of hydrogen-bond donors (Lipinski definition) is 2. The minimum Gasteiger partial charge on any atom is -0.491 e. The zero-order valence-electron chi connectivity index (χ0n) is 20.2. The zero-order valence-corrected chi connectivity index (χ0v) is 20.9. The summed E-state index contributed by atoms with van der Waals surface area (Å²) in [4.78, 5) is 23.3. The molecule has 1 atom stereocenters. The first-order valence-electron chi connectivity index (χ1n) is 12.1. The maximum absolute atomic E-state index is 13.6. The summed E-state index contributed by atoms with van der Waals surface area (Å²) in [6, 6.07) is 7.91. The Balaban J connectivity index is 0.00000320. The molecule has 0 bridgehead atoms. The highest BCUT2D eigenvalue weighted by Gasteiger charge is 2.53. The van der Waals surface area contributed by atoms with Crippen LogP contribution in [0.25, 0.3) is 10.9 Å². The van der Waals surface area contributed by atoms with Crippen molar-refractivity contribution in [1.29, 1.82) is 0 Å². The van der Waals surface area contributed by atoms with Gasteiger partial charge < -0.3 is 20.3 Å². The van der Waals surface area contributed by atoms with Crippen molar-refractivity contribution >= 4 is 45.6 Å². The molecule has 0 radical (unpaired) electrons. The highest BCUT2D eigenvalue weighted by Crippen LogP contribution is 2.60. The van der Waals surface area contributed by atoms with E-state index in [1.54, 1.807) is 18.2 Å². The maximum Gasteiger partial charge on any atom is 0.247 e. The van der Waals surface area contributed by atoms with Crippen molar-refractivity contribution in [2.24, 2.45) is 11.3 Å². The third-order valence-corrected chi connectivity index (χ3v) is 7.72. The van der Waals surface area contributed by atoms with E-state index >= 15 is 0 Å². The molecule has 1 saturated carbocycles. The fourth-order valence-electron chi connectivity index (χ4n) is 5.12. The lowest BCUT2D eigenvalue weighted by Gasteiger charge is -2.30. The molecule has 1 aliphatic carbocycles. The number of piperidine rings is 1. The number of amides is 1. The summed E-state index contributed by atoms with van der Waals surface area (Å²) in [5.41, 5.74) is 2.22. The Bertz CT molecular complexity index is 1310. The summed E-state index contributed by atoms with van der Waals surface area (Å²) in [5, 5.41) is 6.66. The van der Waals surface area contributed by atoms with E-state index in [4.69, 9.17) is 16.3 Å². The number of anilines is 3. The van der Waals surface area contributed by atoms with Gasteiger partial charge in [-0.2, -0.15) is 0 Å². The molecular formula is C28H33ClFN5O2. The summed E-state index contributed by atoms with van der Waals surface area (Å²) >= 11 is 5.92.